The Morgan fingerprint density at radius 1 is 1.43 bits per heavy atom. The third-order valence-electron chi connectivity index (χ3n) is 2.65. The van der Waals surface area contributed by atoms with Crippen molar-refractivity contribution in [3.05, 3.63) is 23.8 Å². The second kappa shape index (κ2) is 2.74. The van der Waals surface area contributed by atoms with Crippen LogP contribution in [0.5, 0.6) is 0 Å². The molecule has 74 valence electrons. The lowest BCUT2D eigenvalue weighted by Gasteiger charge is -2.32. The van der Waals surface area contributed by atoms with Crippen LogP contribution >= 0.6 is 0 Å². The number of nitrogens with one attached hydrogen (secondary N) is 1. The predicted molar refractivity (Wildman–Crippen MR) is 57.1 cm³/mol. The van der Waals surface area contributed by atoms with Crippen LogP contribution in [0.4, 0.5) is 11.4 Å². The van der Waals surface area contributed by atoms with Gasteiger partial charge in [0, 0.05) is 23.2 Å². The van der Waals surface area contributed by atoms with Gasteiger partial charge in [-0.05, 0) is 23.8 Å². The van der Waals surface area contributed by atoms with E-state index in [0.29, 0.717) is 6.42 Å². The second-order valence-electron chi connectivity index (χ2n) is 4.41. The van der Waals surface area contributed by atoms with Gasteiger partial charge >= 0.3 is 0 Å². The summed E-state index contributed by atoms with van der Waals surface area (Å²) < 4.78 is 0. The van der Waals surface area contributed by atoms with Gasteiger partial charge in [0.15, 0.2) is 0 Å². The monoisotopic (exact) mass is 190 g/mol. The number of carbonyl (C=O) groups is 1. The molecule has 1 aliphatic heterocycles. The van der Waals surface area contributed by atoms with Gasteiger partial charge in [-0.1, -0.05) is 13.8 Å². The number of anilines is 2. The number of carbonyl (C=O) groups excluding carboxylic acids is 1. The first-order valence-electron chi connectivity index (χ1n) is 4.69. The van der Waals surface area contributed by atoms with Crippen LogP contribution in [-0.4, -0.2) is 5.91 Å². The van der Waals surface area contributed by atoms with E-state index in [1.807, 2.05) is 12.1 Å². The maximum Gasteiger partial charge on any atom is 0.225 e. The van der Waals surface area contributed by atoms with E-state index < -0.39 is 0 Å². The van der Waals surface area contributed by atoms with E-state index in [1.165, 1.54) is 0 Å². The van der Waals surface area contributed by atoms with E-state index in [-0.39, 0.29) is 11.3 Å². The molecule has 1 heterocycles. The van der Waals surface area contributed by atoms with Gasteiger partial charge in [0.05, 0.1) is 0 Å². The number of hydrogen-bond donors (Lipinski definition) is 2. The van der Waals surface area contributed by atoms with Crippen molar-refractivity contribution in [2.45, 2.75) is 25.7 Å². The van der Waals surface area contributed by atoms with Crippen LogP contribution in [0.2, 0.25) is 0 Å². The summed E-state index contributed by atoms with van der Waals surface area (Å²) in [6.07, 6.45) is 0.517. The van der Waals surface area contributed by atoms with Crippen molar-refractivity contribution >= 4 is 17.3 Å². The molecule has 14 heavy (non-hydrogen) atoms. The molecule has 1 aromatic carbocycles. The first-order chi connectivity index (χ1) is 6.49. The van der Waals surface area contributed by atoms with E-state index in [0.717, 1.165) is 16.9 Å². The fourth-order valence-corrected chi connectivity index (χ4v) is 1.92. The van der Waals surface area contributed by atoms with Gasteiger partial charge in [-0.3, -0.25) is 4.79 Å². The predicted octanol–water partition coefficient (Wildman–Crippen LogP) is 1.89. The van der Waals surface area contributed by atoms with Gasteiger partial charge in [-0.2, -0.15) is 0 Å². The standard InChI is InChI=1S/C11H14N2O/c1-11(2)6-10(14)13-9-4-3-7(12)5-8(9)11/h3-5H,6,12H2,1-2H3,(H,13,14). The molecule has 0 saturated heterocycles. The van der Waals surface area contributed by atoms with Crippen LogP contribution in [0.15, 0.2) is 18.2 Å². The fraction of sp³-hybridized carbons (Fsp3) is 0.364. The molecule has 0 atom stereocenters. The molecule has 1 amide bonds. The van der Waals surface area contributed by atoms with Gasteiger partial charge in [-0.15, -0.1) is 0 Å². The molecule has 0 spiro atoms. The van der Waals surface area contributed by atoms with Gasteiger partial charge in [0.25, 0.3) is 0 Å². The van der Waals surface area contributed by atoms with E-state index >= 15 is 0 Å². The van der Waals surface area contributed by atoms with Crippen molar-refractivity contribution in [1.82, 2.24) is 0 Å². The third-order valence-corrected chi connectivity index (χ3v) is 2.65. The zero-order chi connectivity index (χ0) is 10.3. The van der Waals surface area contributed by atoms with Gasteiger partial charge in [0.1, 0.15) is 0 Å². The molecule has 0 aromatic heterocycles. The topological polar surface area (TPSA) is 55.1 Å². The van der Waals surface area contributed by atoms with Crippen LogP contribution in [0.25, 0.3) is 0 Å². The van der Waals surface area contributed by atoms with Crippen molar-refractivity contribution in [1.29, 1.82) is 0 Å². The summed E-state index contributed by atoms with van der Waals surface area (Å²) >= 11 is 0. The number of hydrogen-bond acceptors (Lipinski definition) is 2. The smallest absolute Gasteiger partial charge is 0.225 e. The average Bonchev–Trinajstić information content (AvgIpc) is 2.05. The molecule has 0 aliphatic carbocycles. The minimum atomic E-state index is -0.118. The lowest BCUT2D eigenvalue weighted by atomic mass is 9.78. The Kier molecular flexibility index (Phi) is 1.77. The molecular formula is C11H14N2O. The van der Waals surface area contributed by atoms with E-state index in [4.69, 9.17) is 5.73 Å². The molecule has 3 heteroatoms. The number of rotatable bonds is 0. The highest BCUT2D eigenvalue weighted by Gasteiger charge is 2.31. The number of amides is 1. The zero-order valence-corrected chi connectivity index (χ0v) is 8.42. The molecule has 3 nitrogen and oxygen atoms in total. The number of benzene rings is 1. The molecular weight excluding hydrogens is 176 g/mol. The molecule has 2 rings (SSSR count). The Morgan fingerprint density at radius 3 is 2.86 bits per heavy atom. The largest absolute Gasteiger partial charge is 0.399 e. The Balaban J connectivity index is 2.58. The maximum absolute atomic E-state index is 11.4. The van der Waals surface area contributed by atoms with E-state index in [9.17, 15) is 4.79 Å². The molecule has 0 fully saturated rings. The van der Waals surface area contributed by atoms with Gasteiger partial charge < -0.3 is 11.1 Å². The Hall–Kier alpha value is -1.51. The van der Waals surface area contributed by atoms with E-state index in [1.54, 1.807) is 6.07 Å². The number of fused-ring (bicyclic) bond motifs is 1. The average molecular weight is 190 g/mol. The Morgan fingerprint density at radius 2 is 2.14 bits per heavy atom. The minimum absolute atomic E-state index is 0.0762. The second-order valence-corrected chi connectivity index (χ2v) is 4.41. The van der Waals surface area contributed by atoms with Crippen molar-refractivity contribution in [2.24, 2.45) is 0 Å². The molecule has 0 saturated carbocycles. The molecule has 0 radical (unpaired) electrons. The van der Waals surface area contributed by atoms with Gasteiger partial charge in [0.2, 0.25) is 5.91 Å². The third kappa shape index (κ3) is 1.35. The summed E-state index contributed by atoms with van der Waals surface area (Å²) in [4.78, 5) is 11.4. The van der Waals surface area contributed by atoms with Crippen molar-refractivity contribution in [2.75, 3.05) is 11.1 Å². The molecule has 3 N–H and O–H groups in total. The lowest BCUT2D eigenvalue weighted by Crippen LogP contribution is -2.32. The van der Waals surface area contributed by atoms with Crippen molar-refractivity contribution in [3.63, 3.8) is 0 Å². The first kappa shape index (κ1) is 9.06. The van der Waals surface area contributed by atoms with Crippen LogP contribution in [0, 0.1) is 0 Å². The summed E-state index contributed by atoms with van der Waals surface area (Å²) in [5.41, 5.74) is 8.36. The molecule has 0 unspecified atom stereocenters. The number of nitrogen functional groups attached to an aromatic ring is 1. The van der Waals surface area contributed by atoms with Crippen LogP contribution in [-0.2, 0) is 10.2 Å². The van der Waals surface area contributed by atoms with Crippen LogP contribution in [0.3, 0.4) is 0 Å². The van der Waals surface area contributed by atoms with E-state index in [2.05, 4.69) is 19.2 Å². The summed E-state index contributed by atoms with van der Waals surface area (Å²) in [5, 5.41) is 2.85. The van der Waals surface area contributed by atoms with Crippen LogP contribution < -0.4 is 11.1 Å². The number of nitrogens with two attached hydrogens (primary N) is 1. The summed E-state index contributed by atoms with van der Waals surface area (Å²) in [5.74, 6) is 0.0762. The zero-order valence-electron chi connectivity index (χ0n) is 8.42. The Bertz CT molecular complexity index is 396. The first-order valence-corrected chi connectivity index (χ1v) is 4.69. The Labute approximate surface area is 83.3 Å². The lowest BCUT2D eigenvalue weighted by molar-refractivity contribution is -0.117. The quantitative estimate of drug-likeness (QED) is 0.614. The fourth-order valence-electron chi connectivity index (χ4n) is 1.92. The summed E-state index contributed by atoms with van der Waals surface area (Å²) in [6, 6.07) is 5.61. The summed E-state index contributed by atoms with van der Waals surface area (Å²) in [6.45, 7) is 4.12. The van der Waals surface area contributed by atoms with Crippen LogP contribution in [0.1, 0.15) is 25.8 Å². The molecule has 0 bridgehead atoms. The SMILES string of the molecule is CC1(C)CC(=O)Nc2ccc(N)cc21. The molecule has 1 aliphatic rings. The highest BCUT2D eigenvalue weighted by molar-refractivity contribution is 5.95. The van der Waals surface area contributed by atoms with Gasteiger partial charge in [-0.25, -0.2) is 0 Å². The minimum Gasteiger partial charge on any atom is -0.399 e. The maximum atomic E-state index is 11.4. The normalized spacial score (nSPS) is 18.6. The summed E-state index contributed by atoms with van der Waals surface area (Å²) in [7, 11) is 0. The highest BCUT2D eigenvalue weighted by Crippen LogP contribution is 2.37. The van der Waals surface area contributed by atoms with Crippen molar-refractivity contribution in [3.8, 4) is 0 Å². The highest BCUT2D eigenvalue weighted by atomic mass is 16.1. The molecule has 1 aromatic rings. The van der Waals surface area contributed by atoms with Crippen molar-refractivity contribution < 1.29 is 4.79 Å².